The lowest BCUT2D eigenvalue weighted by Gasteiger charge is -2.33. The molecule has 1 fully saturated rings. The molecule has 1 heterocycles. The summed E-state index contributed by atoms with van der Waals surface area (Å²) in [5, 5.41) is 3.54. The van der Waals surface area contributed by atoms with Crippen LogP contribution in [0.1, 0.15) is 39.5 Å². The van der Waals surface area contributed by atoms with Gasteiger partial charge in [-0.3, -0.25) is 4.79 Å². The molecule has 0 radical (unpaired) electrons. The van der Waals surface area contributed by atoms with Crippen molar-refractivity contribution in [2.24, 2.45) is 5.92 Å². The van der Waals surface area contributed by atoms with Crippen molar-refractivity contribution in [2.75, 3.05) is 40.3 Å². The lowest BCUT2D eigenvalue weighted by molar-refractivity contribution is -0.128. The number of hydrogen-bond acceptors (Lipinski definition) is 3. The maximum atomic E-state index is 11.5. The topological polar surface area (TPSA) is 35.6 Å². The highest BCUT2D eigenvalue weighted by Crippen LogP contribution is 2.16. The second kappa shape index (κ2) is 8.54. The number of likely N-dealkylation sites (tertiary alicyclic amines) is 1. The average molecular weight is 269 g/mol. The molecule has 1 unspecified atom stereocenters. The molecule has 0 spiro atoms. The van der Waals surface area contributed by atoms with Crippen LogP contribution in [0.5, 0.6) is 0 Å². The molecule has 0 aliphatic carbocycles. The number of amides is 1. The van der Waals surface area contributed by atoms with Crippen LogP contribution in [0.4, 0.5) is 0 Å². The van der Waals surface area contributed by atoms with Crippen molar-refractivity contribution in [3.63, 3.8) is 0 Å². The molecule has 19 heavy (non-hydrogen) atoms. The molecule has 1 rings (SSSR count). The largest absolute Gasteiger partial charge is 0.349 e. The van der Waals surface area contributed by atoms with E-state index < -0.39 is 0 Å². The molecule has 1 aliphatic heterocycles. The Morgan fingerprint density at radius 1 is 1.42 bits per heavy atom. The molecular formula is C15H31N3O. The summed E-state index contributed by atoms with van der Waals surface area (Å²) >= 11 is 0. The molecule has 1 saturated heterocycles. The maximum absolute atomic E-state index is 11.5. The number of carbonyl (C=O) groups is 1. The Hall–Kier alpha value is -0.610. The SMILES string of the molecule is CC(C)NCC1CCCN(CCCC(=O)N(C)C)C1. The Morgan fingerprint density at radius 2 is 2.16 bits per heavy atom. The van der Waals surface area contributed by atoms with Crippen LogP contribution >= 0.6 is 0 Å². The van der Waals surface area contributed by atoms with Crippen LogP contribution < -0.4 is 5.32 Å². The predicted molar refractivity (Wildman–Crippen MR) is 80.2 cm³/mol. The van der Waals surface area contributed by atoms with Crippen LogP contribution in [0.2, 0.25) is 0 Å². The third-order valence-electron chi connectivity index (χ3n) is 3.78. The molecule has 0 saturated carbocycles. The summed E-state index contributed by atoms with van der Waals surface area (Å²) in [7, 11) is 3.66. The first-order valence-corrected chi connectivity index (χ1v) is 7.65. The van der Waals surface area contributed by atoms with Crippen molar-refractivity contribution in [1.82, 2.24) is 15.1 Å². The smallest absolute Gasteiger partial charge is 0.222 e. The zero-order valence-electron chi connectivity index (χ0n) is 13.1. The minimum absolute atomic E-state index is 0.245. The van der Waals surface area contributed by atoms with Gasteiger partial charge in [-0.25, -0.2) is 0 Å². The second-order valence-corrected chi connectivity index (χ2v) is 6.26. The summed E-state index contributed by atoms with van der Waals surface area (Å²) in [6, 6.07) is 0.577. The van der Waals surface area contributed by atoms with E-state index in [0.29, 0.717) is 12.5 Å². The monoisotopic (exact) mass is 269 g/mol. The number of nitrogens with zero attached hydrogens (tertiary/aromatic N) is 2. The number of hydrogen-bond donors (Lipinski definition) is 1. The number of piperidine rings is 1. The Bertz CT molecular complexity index is 266. The summed E-state index contributed by atoms with van der Waals surface area (Å²) in [6.07, 6.45) is 4.30. The Labute approximate surface area is 118 Å². The van der Waals surface area contributed by atoms with Gasteiger partial charge in [-0.15, -0.1) is 0 Å². The van der Waals surface area contributed by atoms with E-state index in [9.17, 15) is 4.79 Å². The minimum atomic E-state index is 0.245. The number of carbonyl (C=O) groups excluding carboxylic acids is 1. The zero-order chi connectivity index (χ0) is 14.3. The molecule has 1 amide bonds. The molecule has 1 N–H and O–H groups in total. The van der Waals surface area contributed by atoms with Crippen molar-refractivity contribution in [2.45, 2.75) is 45.6 Å². The van der Waals surface area contributed by atoms with Gasteiger partial charge in [-0.2, -0.15) is 0 Å². The highest BCUT2D eigenvalue weighted by Gasteiger charge is 2.19. The molecule has 0 aromatic carbocycles. The highest BCUT2D eigenvalue weighted by atomic mass is 16.2. The summed E-state index contributed by atoms with van der Waals surface area (Å²) < 4.78 is 0. The van der Waals surface area contributed by atoms with Gasteiger partial charge in [0.15, 0.2) is 0 Å². The molecule has 0 aromatic heterocycles. The predicted octanol–water partition coefficient (Wildman–Crippen LogP) is 1.56. The second-order valence-electron chi connectivity index (χ2n) is 6.26. The van der Waals surface area contributed by atoms with E-state index in [-0.39, 0.29) is 5.91 Å². The molecule has 1 aliphatic rings. The first-order chi connectivity index (χ1) is 8.99. The zero-order valence-corrected chi connectivity index (χ0v) is 13.1. The van der Waals surface area contributed by atoms with Crippen LogP contribution in [0.3, 0.4) is 0 Å². The lowest BCUT2D eigenvalue weighted by Crippen LogP contribution is -2.41. The summed E-state index contributed by atoms with van der Waals surface area (Å²) in [4.78, 5) is 15.7. The average Bonchev–Trinajstić information content (AvgIpc) is 2.36. The van der Waals surface area contributed by atoms with E-state index >= 15 is 0 Å². The van der Waals surface area contributed by atoms with E-state index in [4.69, 9.17) is 0 Å². The molecule has 0 aromatic rings. The molecule has 112 valence electrons. The van der Waals surface area contributed by atoms with Gasteiger partial charge >= 0.3 is 0 Å². The maximum Gasteiger partial charge on any atom is 0.222 e. The van der Waals surface area contributed by atoms with Gasteiger partial charge < -0.3 is 15.1 Å². The molecule has 0 bridgehead atoms. The fourth-order valence-electron chi connectivity index (χ4n) is 2.60. The van der Waals surface area contributed by atoms with Gasteiger partial charge in [-0.1, -0.05) is 13.8 Å². The quantitative estimate of drug-likeness (QED) is 0.762. The first-order valence-electron chi connectivity index (χ1n) is 7.65. The first kappa shape index (κ1) is 16.4. The third-order valence-corrected chi connectivity index (χ3v) is 3.78. The highest BCUT2D eigenvalue weighted by molar-refractivity contribution is 5.75. The van der Waals surface area contributed by atoms with Gasteiger partial charge in [-0.05, 0) is 44.8 Å². The molecular weight excluding hydrogens is 238 g/mol. The van der Waals surface area contributed by atoms with E-state index in [1.54, 1.807) is 4.90 Å². The normalized spacial score (nSPS) is 20.8. The summed E-state index contributed by atoms with van der Waals surface area (Å²) in [6.45, 7) is 8.99. The Balaban J connectivity index is 2.18. The van der Waals surface area contributed by atoms with Crippen molar-refractivity contribution < 1.29 is 4.79 Å². The fraction of sp³-hybridized carbons (Fsp3) is 0.933. The van der Waals surface area contributed by atoms with Gasteiger partial charge in [0.25, 0.3) is 0 Å². The van der Waals surface area contributed by atoms with Crippen LogP contribution in [-0.2, 0) is 4.79 Å². The molecule has 4 nitrogen and oxygen atoms in total. The van der Waals surface area contributed by atoms with E-state index in [1.165, 1.54) is 25.9 Å². The van der Waals surface area contributed by atoms with Crippen molar-refractivity contribution in [3.8, 4) is 0 Å². The van der Waals surface area contributed by atoms with Gasteiger partial charge in [0.1, 0.15) is 0 Å². The van der Waals surface area contributed by atoms with Crippen LogP contribution in [0, 0.1) is 5.92 Å². The fourth-order valence-corrected chi connectivity index (χ4v) is 2.60. The van der Waals surface area contributed by atoms with Crippen molar-refractivity contribution >= 4 is 5.91 Å². The lowest BCUT2D eigenvalue weighted by atomic mass is 9.97. The Kier molecular flexibility index (Phi) is 7.39. The van der Waals surface area contributed by atoms with Gasteiger partial charge in [0, 0.05) is 33.1 Å². The van der Waals surface area contributed by atoms with E-state index in [0.717, 1.165) is 25.4 Å². The van der Waals surface area contributed by atoms with E-state index in [1.807, 2.05) is 14.1 Å². The molecule has 4 heteroatoms. The summed E-state index contributed by atoms with van der Waals surface area (Å²) in [5.41, 5.74) is 0. The summed E-state index contributed by atoms with van der Waals surface area (Å²) in [5.74, 6) is 1.02. The van der Waals surface area contributed by atoms with Crippen molar-refractivity contribution in [3.05, 3.63) is 0 Å². The van der Waals surface area contributed by atoms with Gasteiger partial charge in [0.2, 0.25) is 5.91 Å². The number of rotatable bonds is 7. The van der Waals surface area contributed by atoms with Gasteiger partial charge in [0.05, 0.1) is 0 Å². The molecule has 1 atom stereocenters. The minimum Gasteiger partial charge on any atom is -0.349 e. The van der Waals surface area contributed by atoms with Crippen molar-refractivity contribution in [1.29, 1.82) is 0 Å². The standard InChI is InChI=1S/C15H31N3O/c1-13(2)16-11-14-7-5-9-18(12-14)10-6-8-15(19)17(3)4/h13-14,16H,5-12H2,1-4H3. The van der Waals surface area contributed by atoms with Crippen LogP contribution in [0.15, 0.2) is 0 Å². The van der Waals surface area contributed by atoms with Crippen LogP contribution in [0.25, 0.3) is 0 Å². The Morgan fingerprint density at radius 3 is 2.79 bits per heavy atom. The third kappa shape index (κ3) is 6.92. The van der Waals surface area contributed by atoms with E-state index in [2.05, 4.69) is 24.1 Å². The number of nitrogens with one attached hydrogen (secondary N) is 1. The van der Waals surface area contributed by atoms with Crippen LogP contribution in [-0.4, -0.2) is 62.0 Å².